The van der Waals surface area contributed by atoms with Crippen LogP contribution in [0.1, 0.15) is 38.1 Å². The smallest absolute Gasteiger partial charge is 0.283 e. The molecule has 25 heavy (non-hydrogen) atoms. The summed E-state index contributed by atoms with van der Waals surface area (Å²) in [6, 6.07) is 11.1. The maximum absolute atomic E-state index is 12.8. The molecule has 0 unspecified atom stereocenters. The minimum Gasteiger partial charge on any atom is -0.354 e. The average Bonchev–Trinajstić information content (AvgIpc) is 2.99. The molecule has 0 N–H and O–H groups in total. The van der Waals surface area contributed by atoms with E-state index in [1.54, 1.807) is 35.6 Å². The SMILES string of the molecule is Cc1ccc(S(=O)(=O)/N=C(\Cc2cccs2)N(C(C)C)C(C)C)cc1. The van der Waals surface area contributed by atoms with Crippen LogP contribution in [0.5, 0.6) is 0 Å². The summed E-state index contributed by atoms with van der Waals surface area (Å²) in [5.41, 5.74) is 1.02. The first-order valence-corrected chi connectivity index (χ1v) is 10.7. The van der Waals surface area contributed by atoms with Crippen LogP contribution < -0.4 is 0 Å². The zero-order valence-electron chi connectivity index (χ0n) is 15.4. The number of amidine groups is 1. The van der Waals surface area contributed by atoms with Crippen molar-refractivity contribution in [2.45, 2.75) is 58.0 Å². The molecule has 0 fully saturated rings. The number of sulfonamides is 1. The van der Waals surface area contributed by atoms with Gasteiger partial charge in [-0.3, -0.25) is 0 Å². The minimum atomic E-state index is -3.74. The van der Waals surface area contributed by atoms with E-state index >= 15 is 0 Å². The Labute approximate surface area is 155 Å². The second kappa shape index (κ2) is 8.15. The summed E-state index contributed by atoms with van der Waals surface area (Å²) < 4.78 is 29.9. The van der Waals surface area contributed by atoms with Crippen molar-refractivity contribution in [2.75, 3.05) is 0 Å². The van der Waals surface area contributed by atoms with Gasteiger partial charge in [-0.2, -0.15) is 8.42 Å². The Bertz CT molecular complexity index is 798. The average molecular weight is 379 g/mol. The molecule has 0 spiro atoms. The lowest BCUT2D eigenvalue weighted by Crippen LogP contribution is -2.43. The quantitative estimate of drug-likeness (QED) is 0.549. The maximum atomic E-state index is 12.8. The summed E-state index contributed by atoms with van der Waals surface area (Å²) >= 11 is 1.61. The standard InChI is InChI=1S/C19H26N2O2S2/c1-14(2)21(15(3)4)19(13-17-7-6-12-24-17)20-25(22,23)18-10-8-16(5)9-11-18/h6-12,14-15H,13H2,1-5H3/b20-19+. The Hall–Kier alpha value is -1.66. The number of thiophene rings is 1. The molecule has 0 aliphatic rings. The van der Waals surface area contributed by atoms with E-state index in [9.17, 15) is 8.42 Å². The van der Waals surface area contributed by atoms with E-state index < -0.39 is 10.0 Å². The normalized spacial score (nSPS) is 12.8. The highest BCUT2D eigenvalue weighted by atomic mass is 32.2. The summed E-state index contributed by atoms with van der Waals surface area (Å²) in [6.07, 6.45) is 0.513. The third kappa shape index (κ3) is 5.16. The fourth-order valence-corrected chi connectivity index (χ4v) is 4.56. The molecular formula is C19H26N2O2S2. The first-order valence-electron chi connectivity index (χ1n) is 8.42. The van der Waals surface area contributed by atoms with E-state index in [0.717, 1.165) is 10.4 Å². The molecule has 0 atom stereocenters. The zero-order valence-corrected chi connectivity index (χ0v) is 17.1. The van der Waals surface area contributed by atoms with Crippen LogP contribution in [0, 0.1) is 6.92 Å². The summed E-state index contributed by atoms with van der Waals surface area (Å²) in [7, 11) is -3.74. The molecule has 0 aliphatic carbocycles. The van der Waals surface area contributed by atoms with E-state index in [-0.39, 0.29) is 17.0 Å². The van der Waals surface area contributed by atoms with Crippen LogP contribution in [0.15, 0.2) is 51.1 Å². The lowest BCUT2D eigenvalue weighted by Gasteiger charge is -2.33. The number of benzene rings is 1. The van der Waals surface area contributed by atoms with Crippen LogP contribution >= 0.6 is 11.3 Å². The van der Waals surface area contributed by atoms with Gasteiger partial charge in [0.2, 0.25) is 0 Å². The summed E-state index contributed by atoms with van der Waals surface area (Å²) in [5, 5.41) is 2.00. The molecule has 0 saturated carbocycles. The molecule has 0 bridgehead atoms. The molecular weight excluding hydrogens is 352 g/mol. The fourth-order valence-electron chi connectivity index (χ4n) is 2.83. The van der Waals surface area contributed by atoms with E-state index in [1.807, 2.05) is 24.4 Å². The third-order valence-electron chi connectivity index (χ3n) is 3.87. The highest BCUT2D eigenvalue weighted by Crippen LogP contribution is 2.19. The Morgan fingerprint density at radius 2 is 1.68 bits per heavy atom. The molecule has 1 aromatic carbocycles. The summed E-state index contributed by atoms with van der Waals surface area (Å²) in [4.78, 5) is 3.41. The Morgan fingerprint density at radius 3 is 2.16 bits per heavy atom. The van der Waals surface area contributed by atoms with Crippen LogP contribution in [-0.4, -0.2) is 31.2 Å². The van der Waals surface area contributed by atoms with Crippen LogP contribution in [0.4, 0.5) is 0 Å². The van der Waals surface area contributed by atoms with E-state index in [4.69, 9.17) is 0 Å². The van der Waals surface area contributed by atoms with Gasteiger partial charge in [-0.1, -0.05) is 23.8 Å². The predicted molar refractivity (Wildman–Crippen MR) is 106 cm³/mol. The van der Waals surface area contributed by atoms with Crippen molar-refractivity contribution in [3.05, 3.63) is 52.2 Å². The van der Waals surface area contributed by atoms with Crippen molar-refractivity contribution < 1.29 is 8.42 Å². The number of nitrogens with zero attached hydrogens (tertiary/aromatic N) is 2. The lowest BCUT2D eigenvalue weighted by atomic mass is 10.2. The van der Waals surface area contributed by atoms with Crippen LogP contribution in [0.3, 0.4) is 0 Å². The van der Waals surface area contributed by atoms with E-state index in [1.165, 1.54) is 0 Å². The molecule has 0 radical (unpaired) electrons. The van der Waals surface area contributed by atoms with Gasteiger partial charge in [0.1, 0.15) is 5.84 Å². The van der Waals surface area contributed by atoms with E-state index in [2.05, 4.69) is 37.0 Å². The fraction of sp³-hybridized carbons (Fsp3) is 0.421. The van der Waals surface area contributed by atoms with Gasteiger partial charge in [0.05, 0.1) is 4.90 Å². The molecule has 1 heterocycles. The molecule has 2 aromatic rings. The van der Waals surface area contributed by atoms with Crippen molar-refractivity contribution in [1.29, 1.82) is 0 Å². The molecule has 2 rings (SSSR count). The van der Waals surface area contributed by atoms with Crippen LogP contribution in [0.2, 0.25) is 0 Å². The van der Waals surface area contributed by atoms with Crippen LogP contribution in [0.25, 0.3) is 0 Å². The Kier molecular flexibility index (Phi) is 6.41. The molecule has 0 aliphatic heterocycles. The number of rotatable bonds is 6. The molecule has 6 heteroatoms. The highest BCUT2D eigenvalue weighted by Gasteiger charge is 2.23. The molecule has 0 saturated heterocycles. The lowest BCUT2D eigenvalue weighted by molar-refractivity contribution is 0.288. The summed E-state index contributed by atoms with van der Waals surface area (Å²) in [5.74, 6) is 0.591. The second-order valence-electron chi connectivity index (χ2n) is 6.65. The maximum Gasteiger partial charge on any atom is 0.283 e. The number of hydrogen-bond donors (Lipinski definition) is 0. The van der Waals surface area contributed by atoms with Gasteiger partial charge in [-0.05, 0) is 58.2 Å². The van der Waals surface area contributed by atoms with Crippen molar-refractivity contribution >= 4 is 27.2 Å². The largest absolute Gasteiger partial charge is 0.354 e. The van der Waals surface area contributed by atoms with Crippen LogP contribution in [-0.2, 0) is 16.4 Å². The number of hydrogen-bond acceptors (Lipinski definition) is 3. The summed E-state index contributed by atoms with van der Waals surface area (Å²) in [6.45, 7) is 10.2. The third-order valence-corrected chi connectivity index (χ3v) is 6.06. The van der Waals surface area contributed by atoms with Gasteiger partial charge < -0.3 is 4.90 Å². The molecule has 136 valence electrons. The topological polar surface area (TPSA) is 49.7 Å². The van der Waals surface area contributed by atoms with Crippen molar-refractivity contribution in [2.24, 2.45) is 4.40 Å². The first kappa shape index (κ1) is 19.7. The monoisotopic (exact) mass is 378 g/mol. The Balaban J connectivity index is 2.48. The van der Waals surface area contributed by atoms with Gasteiger partial charge in [0.15, 0.2) is 0 Å². The van der Waals surface area contributed by atoms with Crippen molar-refractivity contribution in [1.82, 2.24) is 4.90 Å². The van der Waals surface area contributed by atoms with Gasteiger partial charge in [-0.15, -0.1) is 15.7 Å². The zero-order chi connectivity index (χ0) is 18.6. The Morgan fingerprint density at radius 1 is 1.08 bits per heavy atom. The predicted octanol–water partition coefficient (Wildman–Crippen LogP) is 4.51. The van der Waals surface area contributed by atoms with Crippen molar-refractivity contribution in [3.63, 3.8) is 0 Å². The van der Waals surface area contributed by atoms with Gasteiger partial charge in [0.25, 0.3) is 10.0 Å². The number of aryl methyl sites for hydroxylation is 1. The highest BCUT2D eigenvalue weighted by molar-refractivity contribution is 7.90. The van der Waals surface area contributed by atoms with Crippen molar-refractivity contribution in [3.8, 4) is 0 Å². The molecule has 4 nitrogen and oxygen atoms in total. The van der Waals surface area contributed by atoms with Gasteiger partial charge >= 0.3 is 0 Å². The molecule has 1 aromatic heterocycles. The second-order valence-corrected chi connectivity index (χ2v) is 9.28. The van der Waals surface area contributed by atoms with Gasteiger partial charge in [0, 0.05) is 23.4 Å². The van der Waals surface area contributed by atoms with E-state index in [0.29, 0.717) is 12.3 Å². The van der Waals surface area contributed by atoms with Gasteiger partial charge in [-0.25, -0.2) is 0 Å². The first-order chi connectivity index (χ1) is 11.7. The molecule has 0 amide bonds. The minimum absolute atomic E-state index is 0.159.